The Morgan fingerprint density at radius 2 is 1.41 bits per heavy atom. The number of carbonyl (C=O) groups excluding carboxylic acids is 2. The first-order valence-electron chi connectivity index (χ1n) is 7.52. The third-order valence-electron chi connectivity index (χ3n) is 2.98. The van der Waals surface area contributed by atoms with Crippen molar-refractivity contribution in [3.63, 3.8) is 0 Å². The number of ether oxygens (including phenoxy) is 2. The van der Waals surface area contributed by atoms with E-state index in [2.05, 4.69) is 9.47 Å². The quantitative estimate of drug-likeness (QED) is 0.257. The second-order valence-corrected chi connectivity index (χ2v) is 4.86. The fourth-order valence-corrected chi connectivity index (χ4v) is 1.94. The summed E-state index contributed by atoms with van der Waals surface area (Å²) in [6.07, 6.45) is -10.4. The highest BCUT2D eigenvalue weighted by Crippen LogP contribution is 2.38. The van der Waals surface area contributed by atoms with E-state index in [9.17, 15) is 35.9 Å². The highest BCUT2D eigenvalue weighted by atomic mass is 19.4. The summed E-state index contributed by atoms with van der Waals surface area (Å²) in [6.45, 7) is 1.82. The summed E-state index contributed by atoms with van der Waals surface area (Å²) in [5.41, 5.74) is -6.01. The molecule has 1 rings (SSSR count). The lowest BCUT2D eigenvalue weighted by Crippen LogP contribution is -2.30. The summed E-state index contributed by atoms with van der Waals surface area (Å²) in [6, 6.07) is 3.30. The Hall–Kier alpha value is -2.72. The standard InChI is InChI=1S/C16H15F6NO4/c1-3-26-13(24)11(14(25)27-4-2)12(16(20,21)22)23-10-8-6-5-7-9(10)15(17,18)19/h5-8,23H,3-4H2,1-2H3. The van der Waals surface area contributed by atoms with Crippen molar-refractivity contribution in [2.45, 2.75) is 26.2 Å². The van der Waals surface area contributed by atoms with E-state index in [1.54, 1.807) is 0 Å². The Labute approximate surface area is 149 Å². The van der Waals surface area contributed by atoms with Gasteiger partial charge in [-0.2, -0.15) is 26.3 Å². The number of rotatable bonds is 6. The maximum Gasteiger partial charge on any atom is 0.432 e. The second kappa shape index (κ2) is 8.78. The summed E-state index contributed by atoms with van der Waals surface area (Å²) >= 11 is 0. The van der Waals surface area contributed by atoms with Crippen molar-refractivity contribution in [2.24, 2.45) is 0 Å². The second-order valence-electron chi connectivity index (χ2n) is 4.86. The van der Waals surface area contributed by atoms with E-state index in [0.717, 1.165) is 18.2 Å². The van der Waals surface area contributed by atoms with Gasteiger partial charge in [-0.25, -0.2) is 9.59 Å². The molecule has 0 spiro atoms. The zero-order valence-electron chi connectivity index (χ0n) is 14.1. The highest BCUT2D eigenvalue weighted by molar-refractivity contribution is 6.15. The van der Waals surface area contributed by atoms with Crippen LogP contribution in [0.25, 0.3) is 0 Å². The molecule has 11 heteroatoms. The summed E-state index contributed by atoms with van der Waals surface area (Å²) in [5.74, 6) is -3.36. The van der Waals surface area contributed by atoms with Gasteiger partial charge >= 0.3 is 24.3 Å². The topological polar surface area (TPSA) is 64.6 Å². The summed E-state index contributed by atoms with van der Waals surface area (Å²) in [5, 5.41) is 1.51. The van der Waals surface area contributed by atoms with E-state index in [-0.39, 0.29) is 13.2 Å². The molecule has 1 N–H and O–H groups in total. The Balaban J connectivity index is 3.62. The first kappa shape index (κ1) is 22.3. The molecule has 0 aromatic heterocycles. The van der Waals surface area contributed by atoms with Crippen LogP contribution in [0.15, 0.2) is 35.5 Å². The molecule has 5 nitrogen and oxygen atoms in total. The van der Waals surface area contributed by atoms with Crippen LogP contribution in [0.3, 0.4) is 0 Å². The Kier molecular flexibility index (Phi) is 7.26. The van der Waals surface area contributed by atoms with Crippen LogP contribution < -0.4 is 5.32 Å². The van der Waals surface area contributed by atoms with Gasteiger partial charge in [-0.3, -0.25) is 0 Å². The number of nitrogens with one attached hydrogen (secondary N) is 1. The average Bonchev–Trinajstić information content (AvgIpc) is 2.53. The third-order valence-corrected chi connectivity index (χ3v) is 2.98. The predicted octanol–water partition coefficient (Wildman–Crippen LogP) is 4.06. The molecule has 0 bridgehead atoms. The van der Waals surface area contributed by atoms with Gasteiger partial charge in [0.25, 0.3) is 0 Å². The molecule has 27 heavy (non-hydrogen) atoms. The van der Waals surface area contributed by atoms with Gasteiger partial charge in [0.15, 0.2) is 5.57 Å². The number of para-hydroxylation sites is 1. The molecular weight excluding hydrogens is 384 g/mol. The Morgan fingerprint density at radius 3 is 1.81 bits per heavy atom. The molecule has 0 aliphatic carbocycles. The number of benzene rings is 1. The van der Waals surface area contributed by atoms with Crippen LogP contribution in [-0.2, 0) is 25.2 Å². The molecule has 0 saturated heterocycles. The van der Waals surface area contributed by atoms with Crippen molar-refractivity contribution in [1.82, 2.24) is 0 Å². The zero-order valence-corrected chi connectivity index (χ0v) is 14.1. The number of halogens is 6. The van der Waals surface area contributed by atoms with E-state index >= 15 is 0 Å². The van der Waals surface area contributed by atoms with Crippen molar-refractivity contribution in [3.8, 4) is 0 Å². The van der Waals surface area contributed by atoms with E-state index in [1.165, 1.54) is 19.2 Å². The van der Waals surface area contributed by atoms with Crippen molar-refractivity contribution in [1.29, 1.82) is 0 Å². The minimum Gasteiger partial charge on any atom is -0.462 e. The van der Waals surface area contributed by atoms with Gasteiger partial charge in [-0.05, 0) is 26.0 Å². The van der Waals surface area contributed by atoms with Crippen molar-refractivity contribution < 1.29 is 45.4 Å². The molecule has 1 aromatic carbocycles. The lowest BCUT2D eigenvalue weighted by Gasteiger charge is -2.20. The van der Waals surface area contributed by atoms with Gasteiger partial charge < -0.3 is 14.8 Å². The molecule has 0 aliphatic rings. The number of esters is 2. The van der Waals surface area contributed by atoms with Crippen molar-refractivity contribution in [2.75, 3.05) is 18.5 Å². The van der Waals surface area contributed by atoms with Crippen LogP contribution in [0.4, 0.5) is 32.0 Å². The van der Waals surface area contributed by atoms with Gasteiger partial charge in [0.05, 0.1) is 24.5 Å². The van der Waals surface area contributed by atoms with Crippen molar-refractivity contribution >= 4 is 17.6 Å². The normalized spacial score (nSPS) is 11.6. The minimum atomic E-state index is -5.38. The predicted molar refractivity (Wildman–Crippen MR) is 81.4 cm³/mol. The number of allylic oxidation sites excluding steroid dienone is 1. The summed E-state index contributed by atoms with van der Waals surface area (Å²) in [7, 11) is 0. The Bertz CT molecular complexity index is 704. The fraction of sp³-hybridized carbons (Fsp3) is 0.375. The van der Waals surface area contributed by atoms with Crippen LogP contribution in [0.5, 0.6) is 0 Å². The van der Waals surface area contributed by atoms with Crippen LogP contribution >= 0.6 is 0 Å². The largest absolute Gasteiger partial charge is 0.462 e. The molecule has 1 aromatic rings. The van der Waals surface area contributed by atoms with E-state index < -0.39 is 46.8 Å². The van der Waals surface area contributed by atoms with Crippen LogP contribution in [0.1, 0.15) is 19.4 Å². The number of hydrogen-bond donors (Lipinski definition) is 1. The molecule has 0 amide bonds. The molecule has 0 aliphatic heterocycles. The minimum absolute atomic E-state index is 0.369. The van der Waals surface area contributed by atoms with Gasteiger partial charge in [0.2, 0.25) is 0 Å². The molecule has 0 atom stereocenters. The van der Waals surface area contributed by atoms with E-state index in [0.29, 0.717) is 6.07 Å². The summed E-state index contributed by atoms with van der Waals surface area (Å²) in [4.78, 5) is 23.8. The molecule has 0 radical (unpaired) electrons. The SMILES string of the molecule is CCOC(=O)C(C(=O)OCC)=C(Nc1ccccc1C(F)(F)F)C(F)(F)F. The maximum atomic E-state index is 13.5. The van der Waals surface area contributed by atoms with Crippen LogP contribution in [-0.4, -0.2) is 31.3 Å². The number of hydrogen-bond acceptors (Lipinski definition) is 5. The first-order valence-corrected chi connectivity index (χ1v) is 7.52. The molecule has 0 saturated carbocycles. The summed E-state index contributed by atoms with van der Waals surface area (Å²) < 4.78 is 88.4. The number of anilines is 1. The lowest BCUT2D eigenvalue weighted by molar-refractivity contribution is -0.148. The Morgan fingerprint density at radius 1 is 0.926 bits per heavy atom. The first-order chi connectivity index (χ1) is 12.4. The number of carbonyl (C=O) groups is 2. The van der Waals surface area contributed by atoms with E-state index in [4.69, 9.17) is 0 Å². The van der Waals surface area contributed by atoms with E-state index in [1.807, 2.05) is 0 Å². The fourth-order valence-electron chi connectivity index (χ4n) is 1.94. The smallest absolute Gasteiger partial charge is 0.432 e. The third kappa shape index (κ3) is 5.90. The van der Waals surface area contributed by atoms with Crippen LogP contribution in [0.2, 0.25) is 0 Å². The maximum absolute atomic E-state index is 13.5. The molecular formula is C16H15F6NO4. The monoisotopic (exact) mass is 399 g/mol. The van der Waals surface area contributed by atoms with Gasteiger partial charge in [0.1, 0.15) is 5.70 Å². The number of alkyl halides is 6. The molecule has 0 fully saturated rings. The molecule has 0 heterocycles. The lowest BCUT2D eigenvalue weighted by atomic mass is 10.1. The van der Waals surface area contributed by atoms with Gasteiger partial charge in [0, 0.05) is 0 Å². The van der Waals surface area contributed by atoms with Gasteiger partial charge in [-0.1, -0.05) is 12.1 Å². The average molecular weight is 399 g/mol. The highest BCUT2D eigenvalue weighted by Gasteiger charge is 2.43. The molecule has 0 unspecified atom stereocenters. The zero-order chi connectivity index (χ0) is 20.8. The van der Waals surface area contributed by atoms with Crippen LogP contribution in [0, 0.1) is 0 Å². The van der Waals surface area contributed by atoms with Crippen molar-refractivity contribution in [3.05, 3.63) is 41.1 Å². The van der Waals surface area contributed by atoms with Gasteiger partial charge in [-0.15, -0.1) is 0 Å². The molecule has 150 valence electrons.